The van der Waals surface area contributed by atoms with Crippen LogP contribution in [0.2, 0.25) is 0 Å². The Labute approximate surface area is 141 Å². The van der Waals surface area contributed by atoms with Crippen molar-refractivity contribution in [2.45, 2.75) is 25.7 Å². The van der Waals surface area contributed by atoms with Gasteiger partial charge in [-0.3, -0.25) is 9.59 Å². The molecule has 4 N–H and O–H groups in total. The summed E-state index contributed by atoms with van der Waals surface area (Å²) in [5.74, 6) is 1.30. The lowest BCUT2D eigenvalue weighted by Gasteiger charge is -1.95. The van der Waals surface area contributed by atoms with Gasteiger partial charge in [-0.1, -0.05) is 0 Å². The summed E-state index contributed by atoms with van der Waals surface area (Å²) in [6.07, 6.45) is 2.05. The summed E-state index contributed by atoms with van der Waals surface area (Å²) < 4.78 is 0. The van der Waals surface area contributed by atoms with E-state index in [4.69, 9.17) is 20.4 Å². The Balaban J connectivity index is -0.000000240. The molecule has 0 saturated heterocycles. The Morgan fingerprint density at radius 2 is 1.14 bits per heavy atom. The Morgan fingerprint density at radius 1 is 0.810 bits per heavy atom. The molecule has 0 aromatic rings. The van der Waals surface area contributed by atoms with Gasteiger partial charge in [-0.25, -0.2) is 0 Å². The van der Waals surface area contributed by atoms with E-state index >= 15 is 0 Å². The number of carboxylic acid groups (broad SMARTS) is 2. The Hall–Kier alpha value is -0.0900. The van der Waals surface area contributed by atoms with Crippen molar-refractivity contribution in [1.29, 1.82) is 0 Å². The molecule has 9 heteroatoms. The molecule has 0 aliphatic heterocycles. The SMILES string of the molecule is O=C(O)CCS.O=C(O)CCS.OCCCSCCCO. The third-order valence-electron chi connectivity index (χ3n) is 1.54. The molecule has 0 saturated carbocycles. The van der Waals surface area contributed by atoms with Gasteiger partial charge in [-0.05, 0) is 24.3 Å². The summed E-state index contributed by atoms with van der Waals surface area (Å²) in [6.45, 7) is 0.568. The van der Waals surface area contributed by atoms with E-state index in [0.717, 1.165) is 24.3 Å². The second-order valence-electron chi connectivity index (χ2n) is 3.50. The number of thiol groups is 2. The van der Waals surface area contributed by atoms with Crippen molar-refractivity contribution in [2.75, 3.05) is 36.2 Å². The Kier molecular flexibility index (Phi) is 30.6. The number of rotatable bonds is 10. The van der Waals surface area contributed by atoms with Crippen LogP contribution in [0.15, 0.2) is 0 Å². The second kappa shape index (κ2) is 24.9. The van der Waals surface area contributed by atoms with Gasteiger partial charge in [0.2, 0.25) is 0 Å². The number of aliphatic hydroxyl groups excluding tert-OH is 2. The van der Waals surface area contributed by atoms with Crippen LogP contribution in [0.5, 0.6) is 0 Å². The van der Waals surface area contributed by atoms with Gasteiger partial charge in [0.05, 0.1) is 12.8 Å². The van der Waals surface area contributed by atoms with Crippen molar-refractivity contribution in [2.24, 2.45) is 0 Å². The number of aliphatic carboxylic acids is 2. The van der Waals surface area contributed by atoms with Crippen LogP contribution in [-0.4, -0.2) is 68.6 Å². The molecule has 0 aromatic heterocycles. The number of hydrogen-bond donors (Lipinski definition) is 6. The van der Waals surface area contributed by atoms with Gasteiger partial charge in [-0.15, -0.1) is 0 Å². The van der Waals surface area contributed by atoms with Gasteiger partial charge < -0.3 is 20.4 Å². The zero-order valence-electron chi connectivity index (χ0n) is 12.0. The van der Waals surface area contributed by atoms with E-state index in [1.807, 2.05) is 0 Å². The van der Waals surface area contributed by atoms with Crippen LogP contribution in [0.3, 0.4) is 0 Å². The first-order chi connectivity index (χ1) is 9.95. The standard InChI is InChI=1S/C6H14O2S.2C3H6O2S/c7-3-1-5-9-6-2-4-8;2*4-3(5)1-2-6/h7-8H,1-6H2;2*6H,1-2H2,(H,4,5). The van der Waals surface area contributed by atoms with E-state index in [0.29, 0.717) is 11.5 Å². The molecule has 0 aromatic carbocycles. The first kappa shape index (κ1) is 25.8. The first-order valence-corrected chi connectivity index (χ1v) is 8.82. The van der Waals surface area contributed by atoms with E-state index in [1.54, 1.807) is 11.8 Å². The van der Waals surface area contributed by atoms with Gasteiger partial charge in [0.15, 0.2) is 0 Å². The van der Waals surface area contributed by atoms with E-state index in [-0.39, 0.29) is 26.1 Å². The van der Waals surface area contributed by atoms with Crippen molar-refractivity contribution in [1.82, 2.24) is 0 Å². The normalized spacial score (nSPS) is 8.95. The molecule has 0 heterocycles. The average Bonchev–Trinajstić information content (AvgIpc) is 2.40. The van der Waals surface area contributed by atoms with Gasteiger partial charge >= 0.3 is 11.9 Å². The maximum Gasteiger partial charge on any atom is 0.304 e. The van der Waals surface area contributed by atoms with Crippen molar-refractivity contribution in [3.63, 3.8) is 0 Å². The molecule has 0 rings (SSSR count). The van der Waals surface area contributed by atoms with Crippen molar-refractivity contribution >= 4 is 49.0 Å². The molecule has 0 fully saturated rings. The average molecular weight is 363 g/mol. The van der Waals surface area contributed by atoms with Crippen molar-refractivity contribution < 1.29 is 30.0 Å². The lowest BCUT2D eigenvalue weighted by Crippen LogP contribution is -1.93. The summed E-state index contributed by atoms with van der Waals surface area (Å²) in [5, 5.41) is 32.4. The smallest absolute Gasteiger partial charge is 0.304 e. The largest absolute Gasteiger partial charge is 0.481 e. The second-order valence-corrected chi connectivity index (χ2v) is 5.62. The summed E-state index contributed by atoms with van der Waals surface area (Å²) in [7, 11) is 0. The molecule has 6 nitrogen and oxygen atoms in total. The van der Waals surface area contributed by atoms with Crippen molar-refractivity contribution in [3.05, 3.63) is 0 Å². The van der Waals surface area contributed by atoms with Gasteiger partial charge in [0, 0.05) is 24.7 Å². The zero-order valence-corrected chi connectivity index (χ0v) is 14.6. The van der Waals surface area contributed by atoms with Crippen LogP contribution in [0, 0.1) is 0 Å². The van der Waals surface area contributed by atoms with E-state index in [1.165, 1.54) is 0 Å². The Morgan fingerprint density at radius 3 is 1.29 bits per heavy atom. The molecular formula is C12H26O6S3. The predicted molar refractivity (Wildman–Crippen MR) is 92.9 cm³/mol. The van der Waals surface area contributed by atoms with E-state index in [2.05, 4.69) is 25.3 Å². The fourth-order valence-electron chi connectivity index (χ4n) is 0.627. The Bertz CT molecular complexity index is 207. The molecule has 0 spiro atoms. The molecule has 128 valence electrons. The van der Waals surface area contributed by atoms with Crippen LogP contribution in [0.1, 0.15) is 25.7 Å². The van der Waals surface area contributed by atoms with Crippen LogP contribution in [0.4, 0.5) is 0 Å². The van der Waals surface area contributed by atoms with Crippen LogP contribution in [0.25, 0.3) is 0 Å². The highest BCUT2D eigenvalue weighted by atomic mass is 32.2. The lowest BCUT2D eigenvalue weighted by atomic mass is 10.5. The number of thioether (sulfide) groups is 1. The van der Waals surface area contributed by atoms with Crippen LogP contribution in [-0.2, 0) is 9.59 Å². The number of hydrogen-bond acceptors (Lipinski definition) is 7. The third kappa shape index (κ3) is 45.0. The van der Waals surface area contributed by atoms with Gasteiger partial charge in [-0.2, -0.15) is 37.0 Å². The first-order valence-electron chi connectivity index (χ1n) is 6.40. The molecular weight excluding hydrogens is 336 g/mol. The molecule has 21 heavy (non-hydrogen) atoms. The highest BCUT2D eigenvalue weighted by molar-refractivity contribution is 7.99. The quantitative estimate of drug-likeness (QED) is 0.256. The van der Waals surface area contributed by atoms with Crippen LogP contribution < -0.4 is 0 Å². The summed E-state index contributed by atoms with van der Waals surface area (Å²) in [5.41, 5.74) is 0. The predicted octanol–water partition coefficient (Wildman–Crippen LogP) is 1.27. The highest BCUT2D eigenvalue weighted by Crippen LogP contribution is 2.02. The summed E-state index contributed by atoms with van der Waals surface area (Å²) in [4.78, 5) is 19.1. The van der Waals surface area contributed by atoms with E-state index in [9.17, 15) is 9.59 Å². The minimum Gasteiger partial charge on any atom is -0.481 e. The summed E-state index contributed by atoms with van der Waals surface area (Å²) in [6, 6.07) is 0. The van der Waals surface area contributed by atoms with Crippen LogP contribution >= 0.6 is 37.0 Å². The third-order valence-corrected chi connectivity index (χ3v) is 3.15. The molecule has 0 aliphatic rings. The number of aliphatic hydroxyl groups is 2. The van der Waals surface area contributed by atoms with E-state index < -0.39 is 11.9 Å². The fourth-order valence-corrected chi connectivity index (χ4v) is 1.88. The summed E-state index contributed by atoms with van der Waals surface area (Å²) >= 11 is 9.14. The lowest BCUT2D eigenvalue weighted by molar-refractivity contribution is -0.137. The topological polar surface area (TPSA) is 115 Å². The molecule has 0 unspecified atom stereocenters. The molecule has 0 atom stereocenters. The van der Waals surface area contributed by atoms with Crippen molar-refractivity contribution in [3.8, 4) is 0 Å². The minimum absolute atomic E-state index is 0.156. The highest BCUT2D eigenvalue weighted by Gasteiger charge is 1.88. The number of carbonyl (C=O) groups is 2. The molecule has 0 amide bonds. The molecule has 0 bridgehead atoms. The molecule has 0 aliphatic carbocycles. The zero-order chi connectivity index (χ0) is 16.9. The number of carboxylic acids is 2. The maximum absolute atomic E-state index is 9.55. The minimum atomic E-state index is -0.787. The molecule has 0 radical (unpaired) electrons. The monoisotopic (exact) mass is 362 g/mol. The van der Waals surface area contributed by atoms with Gasteiger partial charge in [0.1, 0.15) is 0 Å². The van der Waals surface area contributed by atoms with Gasteiger partial charge in [0.25, 0.3) is 0 Å². The fraction of sp³-hybridized carbons (Fsp3) is 0.833. The maximum atomic E-state index is 9.55.